The van der Waals surface area contributed by atoms with Crippen LogP contribution in [-0.2, 0) is 6.54 Å². The van der Waals surface area contributed by atoms with Crippen LogP contribution in [0.2, 0.25) is 5.02 Å². The quantitative estimate of drug-likeness (QED) is 0.690. The highest BCUT2D eigenvalue weighted by molar-refractivity contribution is 7.20. The van der Waals surface area contributed by atoms with Crippen LogP contribution in [0.3, 0.4) is 0 Å². The van der Waals surface area contributed by atoms with Crippen molar-refractivity contribution in [3.63, 3.8) is 0 Å². The van der Waals surface area contributed by atoms with E-state index < -0.39 is 0 Å². The van der Waals surface area contributed by atoms with Crippen molar-refractivity contribution >= 4 is 39.1 Å². The number of rotatable bonds is 6. The SMILES string of the molecule is Cc1nn(Cc2ccccc2Cl)c2sc(C(=O)NCCC(C)N)cc12. The van der Waals surface area contributed by atoms with Crippen molar-refractivity contribution in [2.75, 3.05) is 6.54 Å². The summed E-state index contributed by atoms with van der Waals surface area (Å²) in [5, 5.41) is 9.24. The first-order valence-electron chi connectivity index (χ1n) is 8.20. The van der Waals surface area contributed by atoms with E-state index in [1.54, 1.807) is 0 Å². The number of halogens is 1. The second-order valence-corrected chi connectivity index (χ2v) is 7.62. The molecule has 3 rings (SSSR count). The lowest BCUT2D eigenvalue weighted by Gasteiger charge is -2.06. The molecule has 0 aliphatic rings. The smallest absolute Gasteiger partial charge is 0.261 e. The van der Waals surface area contributed by atoms with Gasteiger partial charge in [-0.3, -0.25) is 9.48 Å². The summed E-state index contributed by atoms with van der Waals surface area (Å²) in [7, 11) is 0. The van der Waals surface area contributed by atoms with Gasteiger partial charge in [0.1, 0.15) is 4.83 Å². The molecule has 0 spiro atoms. The zero-order chi connectivity index (χ0) is 18.0. The van der Waals surface area contributed by atoms with Crippen LogP contribution in [0.15, 0.2) is 30.3 Å². The van der Waals surface area contributed by atoms with Crippen LogP contribution in [0, 0.1) is 6.92 Å². The first-order chi connectivity index (χ1) is 12.0. The molecule has 0 radical (unpaired) electrons. The minimum Gasteiger partial charge on any atom is -0.351 e. The summed E-state index contributed by atoms with van der Waals surface area (Å²) in [6, 6.07) is 9.71. The average molecular weight is 377 g/mol. The Morgan fingerprint density at radius 1 is 1.44 bits per heavy atom. The Morgan fingerprint density at radius 2 is 2.20 bits per heavy atom. The van der Waals surface area contributed by atoms with Gasteiger partial charge in [0, 0.05) is 23.0 Å². The van der Waals surface area contributed by atoms with Gasteiger partial charge in [-0.15, -0.1) is 11.3 Å². The molecule has 5 nitrogen and oxygen atoms in total. The van der Waals surface area contributed by atoms with Crippen molar-refractivity contribution in [1.29, 1.82) is 0 Å². The monoisotopic (exact) mass is 376 g/mol. The Hall–Kier alpha value is -1.89. The molecule has 132 valence electrons. The van der Waals surface area contributed by atoms with Crippen LogP contribution in [0.25, 0.3) is 10.2 Å². The zero-order valence-electron chi connectivity index (χ0n) is 14.3. The molecule has 2 heterocycles. The molecule has 0 bridgehead atoms. The Kier molecular flexibility index (Phi) is 5.42. The van der Waals surface area contributed by atoms with Gasteiger partial charge in [0.2, 0.25) is 0 Å². The fourth-order valence-corrected chi connectivity index (χ4v) is 3.89. The standard InChI is InChI=1S/C18H21ClN4OS/c1-11(20)7-8-21-17(24)16-9-14-12(2)22-23(18(14)25-16)10-13-5-3-4-6-15(13)19/h3-6,9,11H,7-8,10,20H2,1-2H3,(H,21,24). The van der Waals surface area contributed by atoms with Gasteiger partial charge in [-0.25, -0.2) is 0 Å². The van der Waals surface area contributed by atoms with E-state index in [1.807, 2.05) is 48.9 Å². The molecule has 0 aliphatic carbocycles. The van der Waals surface area contributed by atoms with E-state index in [4.69, 9.17) is 17.3 Å². The molecule has 0 saturated heterocycles. The Morgan fingerprint density at radius 3 is 2.92 bits per heavy atom. The van der Waals surface area contributed by atoms with E-state index in [0.717, 1.165) is 27.9 Å². The van der Waals surface area contributed by atoms with Gasteiger partial charge >= 0.3 is 0 Å². The summed E-state index contributed by atoms with van der Waals surface area (Å²) in [6.45, 7) is 5.04. The van der Waals surface area contributed by atoms with Crippen LogP contribution in [0.5, 0.6) is 0 Å². The molecule has 3 aromatic rings. The highest BCUT2D eigenvalue weighted by Gasteiger charge is 2.16. The Bertz CT molecular complexity index is 900. The molecule has 1 atom stereocenters. The normalized spacial score (nSPS) is 12.5. The third kappa shape index (κ3) is 4.03. The summed E-state index contributed by atoms with van der Waals surface area (Å²) in [6.07, 6.45) is 0.760. The number of nitrogens with two attached hydrogens (primary N) is 1. The number of thiophene rings is 1. The van der Waals surface area contributed by atoms with E-state index in [0.29, 0.717) is 23.0 Å². The maximum Gasteiger partial charge on any atom is 0.261 e. The number of carbonyl (C=O) groups is 1. The maximum absolute atomic E-state index is 12.3. The molecule has 0 saturated carbocycles. The van der Waals surface area contributed by atoms with Crippen LogP contribution in [0.4, 0.5) is 0 Å². The zero-order valence-corrected chi connectivity index (χ0v) is 15.8. The molecule has 1 aromatic carbocycles. The Labute approximate surface area is 155 Å². The summed E-state index contributed by atoms with van der Waals surface area (Å²) in [5.74, 6) is -0.0643. The van der Waals surface area contributed by atoms with Gasteiger partial charge in [0.25, 0.3) is 5.91 Å². The number of amides is 1. The van der Waals surface area contributed by atoms with E-state index in [2.05, 4.69) is 10.4 Å². The van der Waals surface area contributed by atoms with Crippen LogP contribution >= 0.6 is 22.9 Å². The molecule has 0 aliphatic heterocycles. The Balaban J connectivity index is 1.83. The van der Waals surface area contributed by atoms with Gasteiger partial charge < -0.3 is 11.1 Å². The van der Waals surface area contributed by atoms with E-state index in [1.165, 1.54) is 11.3 Å². The van der Waals surface area contributed by atoms with Gasteiger partial charge in [-0.1, -0.05) is 29.8 Å². The van der Waals surface area contributed by atoms with Crippen molar-refractivity contribution in [3.8, 4) is 0 Å². The highest BCUT2D eigenvalue weighted by atomic mass is 35.5. The number of nitrogens with zero attached hydrogens (tertiary/aromatic N) is 2. The number of aryl methyl sites for hydroxylation is 1. The molecular weight excluding hydrogens is 356 g/mol. The van der Waals surface area contributed by atoms with Gasteiger partial charge in [0.05, 0.1) is 17.1 Å². The fourth-order valence-electron chi connectivity index (χ4n) is 2.62. The second kappa shape index (κ2) is 7.56. The summed E-state index contributed by atoms with van der Waals surface area (Å²) in [5.41, 5.74) is 7.63. The van der Waals surface area contributed by atoms with Crippen LogP contribution < -0.4 is 11.1 Å². The molecule has 25 heavy (non-hydrogen) atoms. The fraction of sp³-hybridized carbons (Fsp3) is 0.333. The molecule has 0 fully saturated rings. The molecule has 1 unspecified atom stereocenters. The number of aromatic nitrogens is 2. The summed E-state index contributed by atoms with van der Waals surface area (Å²) >= 11 is 7.71. The lowest BCUT2D eigenvalue weighted by Crippen LogP contribution is -2.28. The van der Waals surface area contributed by atoms with Gasteiger partial charge in [-0.2, -0.15) is 5.10 Å². The van der Waals surface area contributed by atoms with Crippen molar-refractivity contribution in [3.05, 3.63) is 51.5 Å². The molecule has 1 amide bonds. The van der Waals surface area contributed by atoms with Crippen molar-refractivity contribution in [1.82, 2.24) is 15.1 Å². The average Bonchev–Trinajstić information content (AvgIpc) is 3.11. The number of nitrogens with one attached hydrogen (secondary N) is 1. The van der Waals surface area contributed by atoms with Gasteiger partial charge in [0.15, 0.2) is 0 Å². The van der Waals surface area contributed by atoms with Gasteiger partial charge in [-0.05, 0) is 38.0 Å². The molecule has 3 N–H and O–H groups in total. The second-order valence-electron chi connectivity index (χ2n) is 6.19. The lowest BCUT2D eigenvalue weighted by atomic mass is 10.2. The predicted octanol–water partition coefficient (Wildman–Crippen LogP) is 3.58. The number of hydrogen-bond acceptors (Lipinski definition) is 4. The van der Waals surface area contributed by atoms with E-state index in [-0.39, 0.29) is 11.9 Å². The predicted molar refractivity (Wildman–Crippen MR) is 104 cm³/mol. The first-order valence-corrected chi connectivity index (χ1v) is 9.39. The molecule has 2 aromatic heterocycles. The first kappa shape index (κ1) is 17.9. The molecule has 7 heteroatoms. The lowest BCUT2D eigenvalue weighted by molar-refractivity contribution is 0.0957. The van der Waals surface area contributed by atoms with E-state index >= 15 is 0 Å². The van der Waals surface area contributed by atoms with E-state index in [9.17, 15) is 4.79 Å². The summed E-state index contributed by atoms with van der Waals surface area (Å²) < 4.78 is 1.91. The third-order valence-electron chi connectivity index (χ3n) is 3.99. The number of carbonyl (C=O) groups excluding carboxylic acids is 1. The largest absolute Gasteiger partial charge is 0.351 e. The topological polar surface area (TPSA) is 72.9 Å². The number of hydrogen-bond donors (Lipinski definition) is 2. The maximum atomic E-state index is 12.3. The van der Waals surface area contributed by atoms with Crippen molar-refractivity contribution in [2.24, 2.45) is 5.73 Å². The summed E-state index contributed by atoms with van der Waals surface area (Å²) in [4.78, 5) is 14.0. The third-order valence-corrected chi connectivity index (χ3v) is 5.51. The molecular formula is C18H21ClN4OS. The van der Waals surface area contributed by atoms with Crippen molar-refractivity contribution < 1.29 is 4.79 Å². The number of fused-ring (bicyclic) bond motifs is 1. The number of benzene rings is 1. The minimum atomic E-state index is -0.0643. The van der Waals surface area contributed by atoms with Crippen LogP contribution in [0.1, 0.15) is 34.3 Å². The highest BCUT2D eigenvalue weighted by Crippen LogP contribution is 2.29. The minimum absolute atomic E-state index is 0.0643. The van der Waals surface area contributed by atoms with Crippen LogP contribution in [-0.4, -0.2) is 28.3 Å². The van der Waals surface area contributed by atoms with Crippen molar-refractivity contribution in [2.45, 2.75) is 32.9 Å².